The third-order valence-corrected chi connectivity index (χ3v) is 1.87. The highest BCUT2D eigenvalue weighted by Gasteiger charge is 1.90. The summed E-state index contributed by atoms with van der Waals surface area (Å²) >= 11 is -2.16. The van der Waals surface area contributed by atoms with Crippen molar-refractivity contribution in [3.05, 3.63) is 29.8 Å². The number of benzene rings is 1. The van der Waals surface area contributed by atoms with Gasteiger partial charge >= 0.3 is 0 Å². The monoisotopic (exact) mass is 165 g/mol. The Morgan fingerprint density at radius 2 is 1.91 bits per heavy atom. The molecule has 1 atom stereocenters. The van der Waals surface area contributed by atoms with E-state index in [9.17, 15) is 8.76 Å². The molecule has 2 nitrogen and oxygen atoms in total. The fourth-order valence-corrected chi connectivity index (χ4v) is 1.02. The molecule has 0 saturated heterocycles. The van der Waals surface area contributed by atoms with Gasteiger partial charge in [-0.05, 0) is 35.3 Å². The van der Waals surface area contributed by atoms with Gasteiger partial charge in [-0.25, -0.2) is 0 Å². The van der Waals surface area contributed by atoms with Crippen molar-refractivity contribution >= 4 is 11.1 Å². The predicted octanol–water partition coefficient (Wildman–Crippen LogP) is 0.906. The Balaban J connectivity index is 3.03. The molecule has 0 aliphatic carbocycles. The maximum absolute atomic E-state index is 10.3. The minimum absolute atomic E-state index is 0.254. The van der Waals surface area contributed by atoms with Crippen molar-refractivity contribution in [2.75, 3.05) is 0 Å². The van der Waals surface area contributed by atoms with Crippen LogP contribution in [0.2, 0.25) is 0 Å². The number of terminal acetylenes is 1. The molecule has 1 aromatic carbocycles. The summed E-state index contributed by atoms with van der Waals surface area (Å²) in [5, 5.41) is 0. The van der Waals surface area contributed by atoms with Gasteiger partial charge in [-0.3, -0.25) is 4.21 Å². The van der Waals surface area contributed by atoms with E-state index >= 15 is 0 Å². The van der Waals surface area contributed by atoms with Gasteiger partial charge in [-0.2, -0.15) is 0 Å². The predicted molar refractivity (Wildman–Crippen MR) is 41.6 cm³/mol. The van der Waals surface area contributed by atoms with Gasteiger partial charge in [0.2, 0.25) is 0 Å². The lowest BCUT2D eigenvalue weighted by atomic mass is 10.2. The molecular weight excluding hydrogens is 160 g/mol. The second-order valence-electron chi connectivity index (χ2n) is 1.90. The molecule has 11 heavy (non-hydrogen) atoms. The van der Waals surface area contributed by atoms with Crippen LogP contribution in [-0.2, 0) is 11.1 Å². The van der Waals surface area contributed by atoms with E-state index in [1.165, 1.54) is 12.1 Å². The van der Waals surface area contributed by atoms with Crippen LogP contribution in [-0.4, -0.2) is 8.76 Å². The van der Waals surface area contributed by atoms with Gasteiger partial charge < -0.3 is 4.55 Å². The van der Waals surface area contributed by atoms with Crippen LogP contribution in [0.15, 0.2) is 29.2 Å². The minimum Gasteiger partial charge on any atom is -0.768 e. The van der Waals surface area contributed by atoms with E-state index < -0.39 is 11.1 Å². The highest BCUT2D eigenvalue weighted by atomic mass is 32.2. The molecule has 0 fully saturated rings. The van der Waals surface area contributed by atoms with Crippen molar-refractivity contribution in [3.8, 4) is 12.3 Å². The minimum atomic E-state index is -2.16. The Kier molecular flexibility index (Phi) is 2.42. The molecule has 56 valence electrons. The topological polar surface area (TPSA) is 40.1 Å². The fourth-order valence-electron chi connectivity index (χ4n) is 0.662. The van der Waals surface area contributed by atoms with Crippen LogP contribution in [0, 0.1) is 12.3 Å². The van der Waals surface area contributed by atoms with E-state index in [1.807, 2.05) is 0 Å². The molecule has 0 bridgehead atoms. The zero-order valence-corrected chi connectivity index (χ0v) is 6.43. The van der Waals surface area contributed by atoms with Crippen molar-refractivity contribution in [1.29, 1.82) is 0 Å². The van der Waals surface area contributed by atoms with Gasteiger partial charge in [0.05, 0.1) is 0 Å². The average molecular weight is 165 g/mol. The summed E-state index contributed by atoms with van der Waals surface area (Å²) in [7, 11) is 0. The first kappa shape index (κ1) is 7.99. The Bertz CT molecular complexity index is 308. The maximum atomic E-state index is 10.3. The van der Waals surface area contributed by atoms with Crippen LogP contribution in [0.1, 0.15) is 5.56 Å². The first-order valence-electron chi connectivity index (χ1n) is 2.90. The van der Waals surface area contributed by atoms with Gasteiger partial charge in [-0.15, -0.1) is 6.42 Å². The molecule has 0 amide bonds. The van der Waals surface area contributed by atoms with Crippen LogP contribution in [0.5, 0.6) is 0 Å². The molecule has 1 rings (SSSR count). The average Bonchev–Trinajstić information content (AvgIpc) is 2.05. The Hall–Kier alpha value is -1.11. The quantitative estimate of drug-likeness (QED) is 0.458. The van der Waals surface area contributed by atoms with E-state index in [0.717, 1.165) is 0 Å². The zero-order valence-electron chi connectivity index (χ0n) is 5.61. The van der Waals surface area contributed by atoms with Crippen molar-refractivity contribution in [2.45, 2.75) is 4.90 Å². The van der Waals surface area contributed by atoms with Gasteiger partial charge in [-0.1, -0.05) is 5.92 Å². The Labute approximate surface area is 67.5 Å². The van der Waals surface area contributed by atoms with Crippen LogP contribution < -0.4 is 0 Å². The van der Waals surface area contributed by atoms with Crippen LogP contribution in [0.4, 0.5) is 0 Å². The van der Waals surface area contributed by atoms with Crippen LogP contribution >= 0.6 is 0 Å². The summed E-state index contributed by atoms with van der Waals surface area (Å²) in [6, 6.07) is 6.12. The van der Waals surface area contributed by atoms with E-state index in [0.29, 0.717) is 5.56 Å². The van der Waals surface area contributed by atoms with Crippen molar-refractivity contribution in [2.24, 2.45) is 0 Å². The van der Waals surface area contributed by atoms with E-state index in [4.69, 9.17) is 6.42 Å². The summed E-state index contributed by atoms with van der Waals surface area (Å²) in [6.07, 6.45) is 5.07. The third kappa shape index (κ3) is 1.90. The van der Waals surface area contributed by atoms with Crippen molar-refractivity contribution < 1.29 is 8.76 Å². The molecule has 0 N–H and O–H groups in total. The third-order valence-electron chi connectivity index (χ3n) is 1.21. The van der Waals surface area contributed by atoms with E-state index in [1.54, 1.807) is 12.1 Å². The molecule has 0 aromatic heterocycles. The molecule has 0 spiro atoms. The van der Waals surface area contributed by atoms with E-state index in [2.05, 4.69) is 5.92 Å². The highest BCUT2D eigenvalue weighted by molar-refractivity contribution is 7.79. The molecule has 1 unspecified atom stereocenters. The summed E-state index contributed by atoms with van der Waals surface area (Å²) in [5.74, 6) is 2.39. The zero-order chi connectivity index (χ0) is 8.27. The van der Waals surface area contributed by atoms with Gasteiger partial charge in [0.1, 0.15) is 0 Å². The first-order chi connectivity index (χ1) is 5.24. The second kappa shape index (κ2) is 3.33. The molecule has 0 saturated carbocycles. The Morgan fingerprint density at radius 3 is 2.27 bits per heavy atom. The smallest absolute Gasteiger partial charge is 0.0249 e. The van der Waals surface area contributed by atoms with Crippen molar-refractivity contribution in [3.63, 3.8) is 0 Å². The fraction of sp³-hybridized carbons (Fsp3) is 0. The van der Waals surface area contributed by atoms with Gasteiger partial charge in [0, 0.05) is 10.5 Å². The van der Waals surface area contributed by atoms with Gasteiger partial charge in [0.25, 0.3) is 0 Å². The standard InChI is InChI=1S/C8H6O2S/c1-2-7-3-5-8(6-4-7)11(9)10/h1,3-6H,(H,9,10)/p-1. The highest BCUT2D eigenvalue weighted by Crippen LogP contribution is 2.05. The molecule has 0 aliphatic heterocycles. The molecular formula is C8H5O2S-. The summed E-state index contributed by atoms with van der Waals surface area (Å²) < 4.78 is 20.7. The first-order valence-corrected chi connectivity index (χ1v) is 3.97. The van der Waals surface area contributed by atoms with Crippen LogP contribution in [0.25, 0.3) is 0 Å². The molecule has 0 heterocycles. The number of hydrogen-bond acceptors (Lipinski definition) is 2. The molecule has 3 heteroatoms. The lowest BCUT2D eigenvalue weighted by molar-refractivity contribution is 0.537. The second-order valence-corrected chi connectivity index (χ2v) is 2.84. The molecule has 0 aliphatic rings. The Morgan fingerprint density at radius 1 is 1.36 bits per heavy atom. The van der Waals surface area contributed by atoms with E-state index in [-0.39, 0.29) is 4.90 Å². The lowest BCUT2D eigenvalue weighted by Crippen LogP contribution is -1.87. The lowest BCUT2D eigenvalue weighted by Gasteiger charge is -2.03. The number of rotatable bonds is 1. The summed E-state index contributed by atoms with van der Waals surface area (Å²) in [6.45, 7) is 0. The molecule has 0 radical (unpaired) electrons. The number of hydrogen-bond donors (Lipinski definition) is 0. The molecule has 1 aromatic rings. The maximum Gasteiger partial charge on any atom is 0.0249 e. The SMILES string of the molecule is C#Cc1ccc(S(=O)[O-])cc1. The van der Waals surface area contributed by atoms with Gasteiger partial charge in [0.15, 0.2) is 0 Å². The normalized spacial score (nSPS) is 12.0. The van der Waals surface area contributed by atoms with Crippen LogP contribution in [0.3, 0.4) is 0 Å². The van der Waals surface area contributed by atoms with Crippen molar-refractivity contribution in [1.82, 2.24) is 0 Å². The summed E-state index contributed by atoms with van der Waals surface area (Å²) in [5.41, 5.74) is 0.680. The summed E-state index contributed by atoms with van der Waals surface area (Å²) in [4.78, 5) is 0.254. The largest absolute Gasteiger partial charge is 0.768 e.